The molecule has 2 aliphatic rings. The van der Waals surface area contributed by atoms with Crippen LogP contribution in [0.2, 0.25) is 0 Å². The van der Waals surface area contributed by atoms with Crippen molar-refractivity contribution >= 4 is 63.4 Å². The van der Waals surface area contributed by atoms with Crippen molar-refractivity contribution in [3.05, 3.63) is 63.0 Å². The number of phosphoric ester groups is 2. The topological polar surface area (TPSA) is 471 Å². The Morgan fingerprint density at radius 2 is 1.46 bits per heavy atom. The molecule has 5 aromatic rings. The summed E-state index contributed by atoms with van der Waals surface area (Å²) in [6.07, 6.45) is -2.91. The number of nitrogens with two attached hydrogens (primary N) is 2. The first-order valence-electron chi connectivity index (χ1n) is 23.4. The van der Waals surface area contributed by atoms with Crippen LogP contribution in [0.1, 0.15) is 95.3 Å². The number of rotatable bonds is 28. The quantitative estimate of drug-likeness (QED) is 0.00515. The van der Waals surface area contributed by atoms with E-state index in [1.54, 1.807) is 12.1 Å². The number of hydrogen-bond donors (Lipinski definition) is 6. The maximum atomic E-state index is 12.9. The summed E-state index contributed by atoms with van der Waals surface area (Å²) in [7, 11) is -17.3. The van der Waals surface area contributed by atoms with E-state index in [0.29, 0.717) is 12.8 Å². The van der Waals surface area contributed by atoms with Crippen LogP contribution in [0.3, 0.4) is 0 Å². The van der Waals surface area contributed by atoms with E-state index >= 15 is 0 Å². The molecule has 0 radical (unpaired) electrons. The normalized spacial score (nSPS) is 23.9. The molecule has 0 bridgehead atoms. The number of nitrogens with zero attached hydrogens (tertiary/aromatic N) is 8. The minimum atomic E-state index is -6.49. The molecule has 6 heterocycles. The molecule has 8 N–H and O–H groups in total. The molecule has 78 heavy (non-hydrogen) atoms. The molecule has 32 nitrogen and oxygen atoms in total. The van der Waals surface area contributed by atoms with Crippen molar-refractivity contribution in [1.82, 2.24) is 34.1 Å². The summed E-state index contributed by atoms with van der Waals surface area (Å²) in [6.45, 7) is -0.977. The van der Waals surface area contributed by atoms with E-state index < -0.39 is 121 Å². The molecule has 0 saturated carbocycles. The van der Waals surface area contributed by atoms with Crippen molar-refractivity contribution in [2.45, 2.75) is 126 Å². The molecule has 38 heteroatoms. The molecule has 6 unspecified atom stereocenters. The number of hydrogen-bond acceptors (Lipinski definition) is 27. The number of H-pyrrole nitrogens is 1. The first kappa shape index (κ1) is 68.5. The van der Waals surface area contributed by atoms with Crippen LogP contribution < -0.4 is 130 Å². The number of unbranched alkanes of at least 4 members (excludes halogenated alkanes) is 8. The van der Waals surface area contributed by atoms with Crippen LogP contribution in [0.4, 0.5) is 17.6 Å². The molecular formula is C40H55N11Na3O21P3. The number of aliphatic hydroxyl groups excluding tert-OH is 3. The number of para-hydroxylation sites is 1. The number of aryl methyl sites for hydroxylation is 1. The summed E-state index contributed by atoms with van der Waals surface area (Å²) in [6, 6.07) is 5.97. The van der Waals surface area contributed by atoms with Crippen molar-refractivity contribution in [2.24, 2.45) is 7.05 Å². The van der Waals surface area contributed by atoms with Gasteiger partial charge in [-0.2, -0.15) is 4.98 Å². The molecule has 2 fully saturated rings. The zero-order valence-corrected chi connectivity index (χ0v) is 51.8. The van der Waals surface area contributed by atoms with Gasteiger partial charge < -0.3 is 74.6 Å². The van der Waals surface area contributed by atoms with Gasteiger partial charge in [0.2, 0.25) is 12.2 Å². The maximum absolute atomic E-state index is 12.9. The van der Waals surface area contributed by atoms with Crippen molar-refractivity contribution in [3.8, 4) is 5.88 Å². The summed E-state index contributed by atoms with van der Waals surface area (Å²) in [5, 5.41) is 57.8. The van der Waals surface area contributed by atoms with E-state index in [2.05, 4.69) is 45.0 Å². The van der Waals surface area contributed by atoms with E-state index in [9.17, 15) is 63.7 Å². The van der Waals surface area contributed by atoms with Gasteiger partial charge in [0, 0.05) is 11.9 Å². The zero-order valence-electron chi connectivity index (χ0n) is 43.1. The van der Waals surface area contributed by atoms with Crippen LogP contribution in [0, 0.1) is 10.1 Å². The molecule has 0 aliphatic carbocycles. The fraction of sp³-hybridized carbons (Fsp3) is 0.600. The van der Waals surface area contributed by atoms with Gasteiger partial charge >= 0.3 is 94.3 Å². The van der Waals surface area contributed by atoms with E-state index in [-0.39, 0.29) is 128 Å². The third kappa shape index (κ3) is 17.3. The SMILES string of the molecule is CCCCCCCCCCCC(OCOC1[C@@H](O)[C@@H](COP(=O)([O-])OP(=O)([O-])OP(=O)([O-])OC[C@H]2O[C@@H](n3cnc4c(=O)[nH]c(N)nc43)C(O)[C@H]2O)O[C@H]1[n+]1cn(C)c2c([O-])nc(N)nc21)c1ccccc1[N+](=O)[O-].[Na+].[Na+].[Na+]. The van der Waals surface area contributed by atoms with Crippen molar-refractivity contribution in [2.75, 3.05) is 31.5 Å². The molecule has 4 aromatic heterocycles. The number of benzene rings is 1. The Morgan fingerprint density at radius 3 is 2.09 bits per heavy atom. The van der Waals surface area contributed by atoms with Gasteiger partial charge in [0.1, 0.15) is 43.4 Å². The maximum Gasteiger partial charge on any atom is 1.00 e. The van der Waals surface area contributed by atoms with Gasteiger partial charge in [-0.3, -0.25) is 42.7 Å². The number of nitro groups is 1. The Kier molecular flexibility index (Phi) is 26.4. The number of phosphoric acid groups is 3. The number of nitrogens with one attached hydrogen (secondary N) is 1. The monoisotopic (exact) mass is 1190 g/mol. The summed E-state index contributed by atoms with van der Waals surface area (Å²) in [5.74, 6) is -1.59. The van der Waals surface area contributed by atoms with E-state index in [1.165, 1.54) is 41.1 Å². The minimum Gasteiger partial charge on any atom is -0.856 e. The van der Waals surface area contributed by atoms with E-state index in [1.807, 2.05) is 0 Å². The van der Waals surface area contributed by atoms with Crippen molar-refractivity contribution in [3.63, 3.8) is 0 Å². The van der Waals surface area contributed by atoms with Crippen molar-refractivity contribution < 1.29 is 184 Å². The standard InChI is InChI=1S/C40H58N11O21P3.3Na/c1-3-4-5-6-7-8-9-10-11-16-24(22-14-12-13-15-23(22)51(57)58)65-21-66-32-30(53)26(70-38(32)50-20-48(2)28-34(50)45-40(42)47-36(28)56)18-68-74(61,62)72-75(63,64)71-73(59,60)67-17-25-29(52)31(54)37(69-25)49-19-43-27-33(49)44-39(41)46-35(27)55;;;/h12-15,19-20,24-26,29-32,37-38,52-54H,3-11,16-18,21H2,1-2H3,(H8-,41,42,44,45,46,47,55,56,59,60,61,62,63,64);;;/q;3*+1/p-3/t24?,25-,26-,29+,30+,31?,32?,37-,38-;;;/m1.../s1. The predicted octanol–water partition coefficient (Wildman–Crippen LogP) is -9.08. The number of aromatic nitrogens is 8. The van der Waals surface area contributed by atoms with Crippen LogP contribution in [0.15, 0.2) is 41.7 Å². The average Bonchev–Trinajstić information content (AvgIpc) is 4.14. The van der Waals surface area contributed by atoms with Crippen LogP contribution in [0.5, 0.6) is 5.88 Å². The fourth-order valence-corrected chi connectivity index (χ4v) is 12.0. The molecule has 414 valence electrons. The Bertz CT molecular complexity index is 3020. The minimum absolute atomic E-state index is 0. The van der Waals surface area contributed by atoms with Crippen LogP contribution in [-0.2, 0) is 57.4 Å². The molecular weight excluding hydrogens is 1130 g/mol. The van der Waals surface area contributed by atoms with Crippen LogP contribution in [-0.4, -0.2) is 111 Å². The number of fused-ring (bicyclic) bond motifs is 2. The van der Waals surface area contributed by atoms with Gasteiger partial charge in [0.15, 0.2) is 29.2 Å². The Hall–Kier alpha value is -1.95. The number of imidazole rings is 2. The third-order valence-corrected chi connectivity index (χ3v) is 16.3. The molecule has 12 atom stereocenters. The average molecular weight is 1190 g/mol. The van der Waals surface area contributed by atoms with Crippen LogP contribution in [0.25, 0.3) is 22.3 Å². The predicted molar refractivity (Wildman–Crippen MR) is 246 cm³/mol. The number of aliphatic hydroxyl groups is 3. The zero-order chi connectivity index (χ0) is 54.4. The second-order valence-electron chi connectivity index (χ2n) is 17.5. The Labute approximate surface area is 510 Å². The molecule has 0 spiro atoms. The second-order valence-corrected chi connectivity index (χ2v) is 22.0. The van der Waals surface area contributed by atoms with Gasteiger partial charge in [-0.1, -0.05) is 81.8 Å². The first-order chi connectivity index (χ1) is 35.5. The van der Waals surface area contributed by atoms with Gasteiger partial charge in [-0.15, -0.1) is 0 Å². The third-order valence-electron chi connectivity index (χ3n) is 12.2. The smallest absolute Gasteiger partial charge is 0.856 e. The van der Waals surface area contributed by atoms with E-state index in [4.69, 9.17) is 34.9 Å². The number of aromatic amines is 1. The van der Waals surface area contributed by atoms with Crippen molar-refractivity contribution in [1.29, 1.82) is 0 Å². The molecule has 7 rings (SSSR count). The molecule has 2 aliphatic heterocycles. The first-order valence-corrected chi connectivity index (χ1v) is 27.8. The molecule has 1 aromatic carbocycles. The summed E-state index contributed by atoms with van der Waals surface area (Å²) in [5.41, 5.74) is 10.0. The van der Waals surface area contributed by atoms with Crippen LogP contribution >= 0.6 is 23.5 Å². The van der Waals surface area contributed by atoms with Gasteiger partial charge in [0.25, 0.3) is 40.7 Å². The summed E-state index contributed by atoms with van der Waals surface area (Å²) < 4.78 is 82.5. The molecule has 2 saturated heterocycles. The van der Waals surface area contributed by atoms with Gasteiger partial charge in [0.05, 0.1) is 43.2 Å². The number of anilines is 2. The number of nitro benzene ring substituents is 1. The Morgan fingerprint density at radius 1 is 0.859 bits per heavy atom. The summed E-state index contributed by atoms with van der Waals surface area (Å²) in [4.78, 5) is 79.7. The second kappa shape index (κ2) is 30.0. The summed E-state index contributed by atoms with van der Waals surface area (Å²) >= 11 is 0. The van der Waals surface area contributed by atoms with Gasteiger partial charge in [-0.25, -0.2) is 23.2 Å². The number of ether oxygens (including phenoxy) is 4. The van der Waals surface area contributed by atoms with Gasteiger partial charge in [-0.05, 0) is 12.5 Å². The largest absolute Gasteiger partial charge is 1.00 e. The van der Waals surface area contributed by atoms with E-state index in [0.717, 1.165) is 55.8 Å². The number of nitrogen functional groups attached to an aromatic ring is 2. The fourth-order valence-electron chi connectivity index (χ4n) is 8.63. The molecule has 0 amide bonds. The Balaban J connectivity index is 0.00000437.